The Bertz CT molecular complexity index is 1440. The van der Waals surface area contributed by atoms with E-state index in [4.69, 9.17) is 27.6 Å². The molecule has 5 aromatic rings. The van der Waals surface area contributed by atoms with Crippen molar-refractivity contribution in [3.05, 3.63) is 81.1 Å². The van der Waals surface area contributed by atoms with Crippen molar-refractivity contribution in [2.24, 2.45) is 0 Å². The number of carbonyl (C=O) groups excluding carboxylic acids is 1. The third-order valence-electron chi connectivity index (χ3n) is 4.74. The lowest BCUT2D eigenvalue weighted by Crippen LogP contribution is -2.10. The number of nitrogens with one attached hydrogen (secondary N) is 1. The van der Waals surface area contributed by atoms with Crippen molar-refractivity contribution in [2.75, 3.05) is 5.32 Å². The third-order valence-corrected chi connectivity index (χ3v) is 6.74. The van der Waals surface area contributed by atoms with Crippen LogP contribution in [0.4, 0.5) is 5.69 Å². The van der Waals surface area contributed by atoms with Gasteiger partial charge >= 0.3 is 0 Å². The van der Waals surface area contributed by atoms with Gasteiger partial charge in [0.25, 0.3) is 5.91 Å². The number of benzene rings is 3. The van der Waals surface area contributed by atoms with Crippen molar-refractivity contribution in [3.63, 3.8) is 0 Å². The van der Waals surface area contributed by atoms with Gasteiger partial charge < -0.3 is 9.73 Å². The summed E-state index contributed by atoms with van der Waals surface area (Å²) in [6, 6.07) is 18.6. The van der Waals surface area contributed by atoms with E-state index in [1.807, 2.05) is 49.4 Å². The van der Waals surface area contributed by atoms with Gasteiger partial charge in [-0.1, -0.05) is 47.5 Å². The third kappa shape index (κ3) is 3.35. The lowest BCUT2D eigenvalue weighted by atomic mass is 10.2. The lowest BCUT2D eigenvalue weighted by molar-refractivity contribution is 0.103. The highest BCUT2D eigenvalue weighted by Gasteiger charge is 2.18. The maximum atomic E-state index is 12.9. The molecule has 0 unspecified atom stereocenters. The van der Waals surface area contributed by atoms with Crippen molar-refractivity contribution in [3.8, 4) is 11.5 Å². The van der Waals surface area contributed by atoms with Crippen molar-refractivity contribution < 1.29 is 9.21 Å². The van der Waals surface area contributed by atoms with Gasteiger partial charge in [-0.15, -0.1) is 11.3 Å². The van der Waals surface area contributed by atoms with Crippen LogP contribution in [0, 0.1) is 6.92 Å². The summed E-state index contributed by atoms with van der Waals surface area (Å²) in [5, 5.41) is 4.71. The summed E-state index contributed by atoms with van der Waals surface area (Å²) in [6.45, 7) is 2.00. The van der Waals surface area contributed by atoms with Gasteiger partial charge in [-0.3, -0.25) is 4.79 Å². The van der Waals surface area contributed by atoms with E-state index in [2.05, 4.69) is 10.3 Å². The molecule has 1 amide bonds. The first kappa shape index (κ1) is 19.1. The first-order valence-corrected chi connectivity index (χ1v) is 10.7. The van der Waals surface area contributed by atoms with Crippen LogP contribution in [0.3, 0.4) is 0 Å². The Balaban J connectivity index is 1.49. The number of fused-ring (bicyclic) bond motifs is 2. The van der Waals surface area contributed by atoms with Gasteiger partial charge in [-0.2, -0.15) is 0 Å². The minimum Gasteiger partial charge on any atom is -0.436 e. The molecule has 5 rings (SSSR count). The van der Waals surface area contributed by atoms with E-state index in [9.17, 15) is 4.79 Å². The molecular weight excluding hydrogens is 439 g/mol. The Kier molecular flexibility index (Phi) is 4.74. The summed E-state index contributed by atoms with van der Waals surface area (Å²) in [7, 11) is 0. The summed E-state index contributed by atoms with van der Waals surface area (Å²) in [5.74, 6) is 0.124. The zero-order valence-electron chi connectivity index (χ0n) is 15.7. The molecule has 0 fully saturated rings. The number of hydrogen-bond donors (Lipinski definition) is 1. The molecule has 30 heavy (non-hydrogen) atoms. The molecule has 3 aromatic carbocycles. The molecule has 0 aliphatic rings. The Morgan fingerprint density at radius 2 is 1.90 bits per heavy atom. The van der Waals surface area contributed by atoms with E-state index >= 15 is 0 Å². The molecule has 0 atom stereocenters. The Morgan fingerprint density at radius 1 is 1.07 bits per heavy atom. The van der Waals surface area contributed by atoms with Crippen LogP contribution in [-0.2, 0) is 0 Å². The molecule has 148 valence electrons. The molecule has 0 bridgehead atoms. The largest absolute Gasteiger partial charge is 0.436 e. The second-order valence-electron chi connectivity index (χ2n) is 6.88. The fraction of sp³-hybridized carbons (Fsp3) is 0.0435. The van der Waals surface area contributed by atoms with Crippen LogP contribution in [0.25, 0.3) is 32.6 Å². The number of halogens is 2. The fourth-order valence-corrected chi connectivity index (χ4v) is 4.88. The van der Waals surface area contributed by atoms with E-state index in [1.54, 1.807) is 18.2 Å². The van der Waals surface area contributed by atoms with Gasteiger partial charge in [0.15, 0.2) is 5.58 Å². The smallest absolute Gasteiger partial charge is 0.267 e. The highest BCUT2D eigenvalue weighted by Crippen LogP contribution is 2.36. The Hall–Kier alpha value is -2.86. The predicted molar refractivity (Wildman–Crippen MR) is 124 cm³/mol. The lowest BCUT2D eigenvalue weighted by Gasteiger charge is -2.07. The number of rotatable bonds is 3. The summed E-state index contributed by atoms with van der Waals surface area (Å²) < 4.78 is 6.83. The first-order chi connectivity index (χ1) is 14.5. The molecule has 0 saturated heterocycles. The Labute approximate surface area is 186 Å². The average molecular weight is 453 g/mol. The van der Waals surface area contributed by atoms with E-state index in [0.29, 0.717) is 37.6 Å². The van der Waals surface area contributed by atoms with Crippen molar-refractivity contribution in [1.29, 1.82) is 0 Å². The number of anilines is 1. The molecule has 4 nitrogen and oxygen atoms in total. The maximum absolute atomic E-state index is 12.9. The normalized spacial score (nSPS) is 11.3. The number of aryl methyl sites for hydroxylation is 1. The van der Waals surface area contributed by atoms with Crippen LogP contribution in [0.2, 0.25) is 10.0 Å². The van der Waals surface area contributed by atoms with Crippen LogP contribution in [0.5, 0.6) is 0 Å². The number of thiophene rings is 1. The summed E-state index contributed by atoms with van der Waals surface area (Å²) in [4.78, 5) is 17.9. The van der Waals surface area contributed by atoms with Gasteiger partial charge in [0, 0.05) is 15.8 Å². The van der Waals surface area contributed by atoms with E-state index in [-0.39, 0.29) is 5.91 Å². The van der Waals surface area contributed by atoms with Gasteiger partial charge in [0.2, 0.25) is 5.89 Å². The van der Waals surface area contributed by atoms with Crippen molar-refractivity contribution in [1.82, 2.24) is 4.98 Å². The molecule has 7 heteroatoms. The quantitative estimate of drug-likeness (QED) is 0.306. The highest BCUT2D eigenvalue weighted by atomic mass is 35.5. The molecule has 2 aromatic heterocycles. The summed E-state index contributed by atoms with van der Waals surface area (Å²) in [6.07, 6.45) is 0. The maximum Gasteiger partial charge on any atom is 0.267 e. The van der Waals surface area contributed by atoms with E-state index in [0.717, 1.165) is 21.2 Å². The minimum absolute atomic E-state index is 0.275. The van der Waals surface area contributed by atoms with Gasteiger partial charge in [-0.05, 0) is 48.9 Å². The molecule has 0 radical (unpaired) electrons. The van der Waals surface area contributed by atoms with Gasteiger partial charge in [-0.25, -0.2) is 4.98 Å². The number of carbonyl (C=O) groups is 1. The Morgan fingerprint density at radius 3 is 2.73 bits per heavy atom. The topological polar surface area (TPSA) is 55.1 Å². The molecule has 0 saturated carbocycles. The summed E-state index contributed by atoms with van der Waals surface area (Å²) >= 11 is 14.2. The average Bonchev–Trinajstić information content (AvgIpc) is 3.30. The highest BCUT2D eigenvalue weighted by molar-refractivity contribution is 7.21. The SMILES string of the molecule is Cc1ccc2oc(-c3cc(NC(=O)c4sc5ccccc5c4Cl)ccc3Cl)nc2c1. The number of amides is 1. The second-order valence-corrected chi connectivity index (χ2v) is 8.72. The zero-order chi connectivity index (χ0) is 20.8. The number of aromatic nitrogens is 1. The van der Waals surface area contributed by atoms with Gasteiger partial charge in [0.1, 0.15) is 10.4 Å². The fourth-order valence-electron chi connectivity index (χ4n) is 3.27. The number of nitrogens with zero attached hydrogens (tertiary/aromatic N) is 1. The molecule has 1 N–H and O–H groups in total. The molecule has 0 aliphatic heterocycles. The number of oxazole rings is 1. The van der Waals surface area contributed by atoms with Crippen LogP contribution < -0.4 is 5.32 Å². The van der Waals surface area contributed by atoms with Crippen LogP contribution in [-0.4, -0.2) is 10.9 Å². The zero-order valence-corrected chi connectivity index (χ0v) is 18.0. The minimum atomic E-state index is -0.275. The first-order valence-electron chi connectivity index (χ1n) is 9.15. The molecular formula is C23H14Cl2N2O2S. The van der Waals surface area contributed by atoms with Crippen LogP contribution in [0.15, 0.2) is 65.1 Å². The van der Waals surface area contributed by atoms with E-state index in [1.165, 1.54) is 11.3 Å². The standard InChI is InChI=1S/C23H14Cl2N2O2S/c1-12-6-9-18-17(10-12)27-23(29-18)15-11-13(7-8-16(15)24)26-22(28)21-20(25)14-4-2-3-5-19(14)30-21/h2-11H,1H3,(H,26,28). The second kappa shape index (κ2) is 7.43. The number of hydrogen-bond acceptors (Lipinski definition) is 4. The summed E-state index contributed by atoms with van der Waals surface area (Å²) in [5.41, 5.74) is 3.71. The van der Waals surface area contributed by atoms with Gasteiger partial charge in [0.05, 0.1) is 15.6 Å². The molecule has 0 aliphatic carbocycles. The predicted octanol–water partition coefficient (Wildman–Crippen LogP) is 7.58. The van der Waals surface area contributed by atoms with Crippen molar-refractivity contribution >= 4 is 67.3 Å². The van der Waals surface area contributed by atoms with E-state index < -0.39 is 0 Å². The van der Waals surface area contributed by atoms with Crippen LogP contribution in [0.1, 0.15) is 15.2 Å². The van der Waals surface area contributed by atoms with Crippen molar-refractivity contribution in [2.45, 2.75) is 6.92 Å². The van der Waals surface area contributed by atoms with Crippen LogP contribution >= 0.6 is 34.5 Å². The molecule has 2 heterocycles. The molecule has 0 spiro atoms. The monoisotopic (exact) mass is 452 g/mol.